The number of benzene rings is 1. The number of ether oxygens (including phenoxy) is 1. The number of aromatic nitrogens is 2. The van der Waals surface area contributed by atoms with Gasteiger partial charge in [0.2, 0.25) is 0 Å². The van der Waals surface area contributed by atoms with Crippen LogP contribution in [0.5, 0.6) is 0 Å². The maximum atomic E-state index is 12.7. The summed E-state index contributed by atoms with van der Waals surface area (Å²) in [5, 5.41) is 3.21. The Morgan fingerprint density at radius 3 is 2.85 bits per heavy atom. The monoisotopic (exact) mass is 371 g/mol. The Hall–Kier alpha value is -3.00. The molecule has 0 saturated carbocycles. The highest BCUT2D eigenvalue weighted by Gasteiger charge is 2.19. The third-order valence-electron chi connectivity index (χ3n) is 3.85. The maximum absolute atomic E-state index is 12.7. The zero-order valence-corrected chi connectivity index (χ0v) is 15.3. The van der Waals surface area contributed by atoms with Crippen molar-refractivity contribution in [2.24, 2.45) is 7.05 Å². The molecule has 0 unspecified atom stereocenters. The van der Waals surface area contributed by atoms with E-state index >= 15 is 0 Å². The molecular weight excluding hydrogens is 354 g/mol. The first-order valence-electron chi connectivity index (χ1n) is 7.95. The minimum atomic E-state index is -0.450. The number of esters is 1. The molecule has 0 aliphatic rings. The number of aryl methyl sites for hydroxylation is 2. The van der Waals surface area contributed by atoms with Crippen molar-refractivity contribution >= 4 is 39.1 Å². The molecule has 7 nitrogen and oxygen atoms in total. The van der Waals surface area contributed by atoms with E-state index in [-0.39, 0.29) is 18.1 Å². The Balaban J connectivity index is 1.92. The number of carbonyl (C=O) groups excluding carboxylic acids is 2. The van der Waals surface area contributed by atoms with Crippen molar-refractivity contribution in [1.29, 1.82) is 0 Å². The molecular formula is C18H17N3O4S. The predicted octanol–water partition coefficient (Wildman–Crippen LogP) is 2.73. The van der Waals surface area contributed by atoms with Gasteiger partial charge in [-0.15, -0.1) is 11.3 Å². The summed E-state index contributed by atoms with van der Waals surface area (Å²) in [6.45, 7) is 3.73. The van der Waals surface area contributed by atoms with Crippen LogP contribution in [-0.4, -0.2) is 28.0 Å². The molecule has 0 fully saturated rings. The predicted molar refractivity (Wildman–Crippen MR) is 99.9 cm³/mol. The fourth-order valence-electron chi connectivity index (χ4n) is 2.55. The quantitative estimate of drug-likeness (QED) is 0.712. The minimum Gasteiger partial charge on any atom is -0.462 e. The number of thiophene rings is 1. The number of fused-ring (bicyclic) bond motifs is 1. The van der Waals surface area contributed by atoms with Crippen molar-refractivity contribution in [2.75, 3.05) is 11.9 Å². The Morgan fingerprint density at radius 2 is 2.12 bits per heavy atom. The smallest absolute Gasteiger partial charge is 0.338 e. The SMILES string of the molecule is CCOC(=O)c1cccc(NC(=O)c2sc3ncn(C)c(=O)c3c2C)c1. The molecule has 0 atom stereocenters. The minimum absolute atomic E-state index is 0.188. The standard InChI is InChI=1S/C18H17N3O4S/c1-4-25-18(24)11-6-5-7-12(8-11)20-15(22)14-10(2)13-16(26-14)19-9-21(3)17(13)23/h5-9H,4H2,1-3H3,(H,20,22). The van der Waals surface area contributed by atoms with Crippen molar-refractivity contribution in [3.63, 3.8) is 0 Å². The van der Waals surface area contributed by atoms with Crippen LogP contribution in [0.2, 0.25) is 0 Å². The lowest BCUT2D eigenvalue weighted by molar-refractivity contribution is 0.0526. The fourth-order valence-corrected chi connectivity index (χ4v) is 3.59. The molecule has 0 bridgehead atoms. The number of amides is 1. The summed E-state index contributed by atoms with van der Waals surface area (Å²) in [6, 6.07) is 6.51. The van der Waals surface area contributed by atoms with Crippen LogP contribution in [0.1, 0.15) is 32.5 Å². The second kappa shape index (κ2) is 7.09. The van der Waals surface area contributed by atoms with Crippen molar-refractivity contribution in [1.82, 2.24) is 9.55 Å². The Morgan fingerprint density at radius 1 is 1.35 bits per heavy atom. The Kier molecular flexibility index (Phi) is 4.85. The van der Waals surface area contributed by atoms with Gasteiger partial charge in [-0.2, -0.15) is 0 Å². The lowest BCUT2D eigenvalue weighted by Gasteiger charge is -2.07. The molecule has 26 heavy (non-hydrogen) atoms. The number of carbonyl (C=O) groups is 2. The number of hydrogen-bond acceptors (Lipinski definition) is 6. The number of hydrogen-bond donors (Lipinski definition) is 1. The lowest BCUT2D eigenvalue weighted by atomic mass is 10.2. The van der Waals surface area contributed by atoms with Gasteiger partial charge >= 0.3 is 5.97 Å². The van der Waals surface area contributed by atoms with Crippen LogP contribution in [0.15, 0.2) is 35.4 Å². The van der Waals surface area contributed by atoms with Crippen LogP contribution in [0.4, 0.5) is 5.69 Å². The van der Waals surface area contributed by atoms with Gasteiger partial charge in [0, 0.05) is 12.7 Å². The van der Waals surface area contributed by atoms with Gasteiger partial charge in [0.1, 0.15) is 4.83 Å². The number of nitrogens with one attached hydrogen (secondary N) is 1. The fraction of sp³-hybridized carbons (Fsp3) is 0.222. The molecule has 0 spiro atoms. The summed E-state index contributed by atoms with van der Waals surface area (Å²) in [7, 11) is 1.62. The van der Waals surface area contributed by atoms with Gasteiger partial charge in [-0.05, 0) is 37.6 Å². The van der Waals surface area contributed by atoms with Crippen LogP contribution in [0.3, 0.4) is 0 Å². The van der Waals surface area contributed by atoms with Crippen molar-refractivity contribution in [3.05, 3.63) is 57.0 Å². The van der Waals surface area contributed by atoms with E-state index in [9.17, 15) is 14.4 Å². The van der Waals surface area contributed by atoms with Gasteiger partial charge in [0.05, 0.1) is 28.8 Å². The summed E-state index contributed by atoms with van der Waals surface area (Å²) >= 11 is 1.16. The van der Waals surface area contributed by atoms with Crippen molar-refractivity contribution < 1.29 is 14.3 Å². The Bertz CT molecular complexity index is 1070. The van der Waals surface area contributed by atoms with Gasteiger partial charge in [-0.25, -0.2) is 9.78 Å². The first kappa shape index (κ1) is 17.8. The average molecular weight is 371 g/mol. The summed E-state index contributed by atoms with van der Waals surface area (Å²) in [6.07, 6.45) is 1.44. The van der Waals surface area contributed by atoms with Crippen LogP contribution in [0.25, 0.3) is 10.2 Å². The van der Waals surface area contributed by atoms with Crippen LogP contribution in [0, 0.1) is 6.92 Å². The van der Waals surface area contributed by atoms with Crippen LogP contribution < -0.4 is 10.9 Å². The maximum Gasteiger partial charge on any atom is 0.338 e. The molecule has 1 amide bonds. The van der Waals surface area contributed by atoms with Crippen molar-refractivity contribution in [3.8, 4) is 0 Å². The van der Waals surface area contributed by atoms with Crippen LogP contribution in [-0.2, 0) is 11.8 Å². The van der Waals surface area contributed by atoms with E-state index in [2.05, 4.69) is 10.3 Å². The summed E-state index contributed by atoms with van der Waals surface area (Å²) in [5.41, 5.74) is 1.23. The molecule has 0 saturated heterocycles. The second-order valence-corrected chi connectivity index (χ2v) is 6.65. The zero-order chi connectivity index (χ0) is 18.8. The molecule has 1 aromatic carbocycles. The van der Waals surface area contributed by atoms with Gasteiger partial charge < -0.3 is 14.6 Å². The second-order valence-electron chi connectivity index (χ2n) is 5.65. The number of rotatable bonds is 4. The van der Waals surface area contributed by atoms with E-state index in [0.29, 0.717) is 31.9 Å². The van der Waals surface area contributed by atoms with E-state index in [0.717, 1.165) is 11.3 Å². The van der Waals surface area contributed by atoms with E-state index in [1.165, 1.54) is 10.9 Å². The molecule has 3 aromatic rings. The molecule has 3 rings (SSSR count). The molecule has 134 valence electrons. The highest BCUT2D eigenvalue weighted by molar-refractivity contribution is 7.20. The molecule has 0 radical (unpaired) electrons. The van der Waals surface area contributed by atoms with E-state index in [1.807, 2.05) is 0 Å². The first-order chi connectivity index (χ1) is 12.4. The highest BCUT2D eigenvalue weighted by Crippen LogP contribution is 2.27. The first-order valence-corrected chi connectivity index (χ1v) is 8.77. The summed E-state index contributed by atoms with van der Waals surface area (Å²) in [5.74, 6) is -0.803. The topological polar surface area (TPSA) is 90.3 Å². The molecule has 0 aliphatic carbocycles. The van der Waals surface area contributed by atoms with Crippen molar-refractivity contribution in [2.45, 2.75) is 13.8 Å². The lowest BCUT2D eigenvalue weighted by Crippen LogP contribution is -2.17. The third kappa shape index (κ3) is 3.23. The zero-order valence-electron chi connectivity index (χ0n) is 14.5. The molecule has 8 heteroatoms. The molecule has 1 N–H and O–H groups in total. The summed E-state index contributed by atoms with van der Waals surface area (Å²) < 4.78 is 6.34. The number of nitrogens with zero attached hydrogens (tertiary/aromatic N) is 2. The molecule has 2 aromatic heterocycles. The molecule has 0 aliphatic heterocycles. The average Bonchev–Trinajstić information content (AvgIpc) is 2.96. The third-order valence-corrected chi connectivity index (χ3v) is 5.05. The Labute approximate surface area is 153 Å². The number of anilines is 1. The van der Waals surface area contributed by atoms with Crippen LogP contribution >= 0.6 is 11.3 Å². The highest BCUT2D eigenvalue weighted by atomic mass is 32.1. The molecule has 2 heterocycles. The largest absolute Gasteiger partial charge is 0.462 e. The summed E-state index contributed by atoms with van der Waals surface area (Å²) in [4.78, 5) is 41.9. The van der Waals surface area contributed by atoms with E-state index in [1.54, 1.807) is 45.2 Å². The van der Waals surface area contributed by atoms with Gasteiger partial charge in [-0.1, -0.05) is 6.07 Å². The van der Waals surface area contributed by atoms with Gasteiger partial charge in [-0.3, -0.25) is 9.59 Å². The van der Waals surface area contributed by atoms with Gasteiger partial charge in [0.25, 0.3) is 11.5 Å². The normalized spacial score (nSPS) is 10.7. The van der Waals surface area contributed by atoms with E-state index < -0.39 is 5.97 Å². The van der Waals surface area contributed by atoms with E-state index in [4.69, 9.17) is 4.74 Å². The van der Waals surface area contributed by atoms with Gasteiger partial charge in [0.15, 0.2) is 0 Å².